The summed E-state index contributed by atoms with van der Waals surface area (Å²) in [6, 6.07) is 5.66. The van der Waals surface area contributed by atoms with Crippen LogP contribution in [0, 0.1) is 5.82 Å². The van der Waals surface area contributed by atoms with Crippen molar-refractivity contribution in [3.63, 3.8) is 0 Å². The van der Waals surface area contributed by atoms with Gasteiger partial charge in [0.15, 0.2) is 0 Å². The largest absolute Gasteiger partial charge is 0.311 e. The van der Waals surface area contributed by atoms with Crippen molar-refractivity contribution in [2.45, 2.75) is 51.7 Å². The van der Waals surface area contributed by atoms with E-state index in [4.69, 9.17) is 0 Å². The average Bonchev–Trinajstić information content (AvgIpc) is 2.38. The Morgan fingerprint density at radius 3 is 2.65 bits per heavy atom. The highest BCUT2D eigenvalue weighted by atomic mass is 79.9. The van der Waals surface area contributed by atoms with E-state index in [-0.39, 0.29) is 11.4 Å². The molecular formula is C16H24BrFN2. The summed E-state index contributed by atoms with van der Waals surface area (Å²) < 4.78 is 14.4. The van der Waals surface area contributed by atoms with Crippen molar-refractivity contribution in [1.29, 1.82) is 0 Å². The number of nitrogens with zero attached hydrogens (tertiary/aromatic N) is 1. The first-order valence-corrected chi connectivity index (χ1v) is 8.22. The van der Waals surface area contributed by atoms with E-state index in [1.807, 2.05) is 6.07 Å². The fraction of sp³-hybridized carbons (Fsp3) is 0.625. The Morgan fingerprint density at radius 2 is 2.05 bits per heavy atom. The Labute approximate surface area is 129 Å². The van der Waals surface area contributed by atoms with Gasteiger partial charge in [-0.1, -0.05) is 29.8 Å². The lowest BCUT2D eigenvalue weighted by atomic mass is 9.87. The van der Waals surface area contributed by atoms with Gasteiger partial charge in [-0.2, -0.15) is 0 Å². The summed E-state index contributed by atoms with van der Waals surface area (Å²) in [6.07, 6.45) is 2.22. The second-order valence-corrected chi connectivity index (χ2v) is 6.79. The van der Waals surface area contributed by atoms with Crippen LogP contribution in [0.4, 0.5) is 4.39 Å². The molecule has 0 aliphatic carbocycles. The highest BCUT2D eigenvalue weighted by molar-refractivity contribution is 9.10. The van der Waals surface area contributed by atoms with Crippen LogP contribution < -0.4 is 5.32 Å². The molecule has 0 amide bonds. The molecule has 1 unspecified atom stereocenters. The molecule has 0 bridgehead atoms. The van der Waals surface area contributed by atoms with E-state index in [0.717, 1.165) is 42.5 Å². The standard InChI is InChI=1S/C16H24BrFN2/c1-4-16(5-2)11-19-12(3)9-20(16)10-13-6-14(17)8-15(18)7-13/h6-8,12,19H,4-5,9-11H2,1-3H3. The summed E-state index contributed by atoms with van der Waals surface area (Å²) in [5.41, 5.74) is 1.22. The molecule has 1 aromatic carbocycles. The van der Waals surface area contributed by atoms with Gasteiger partial charge < -0.3 is 5.32 Å². The number of rotatable bonds is 4. The maximum atomic E-state index is 13.6. The van der Waals surface area contributed by atoms with E-state index in [2.05, 4.69) is 46.9 Å². The van der Waals surface area contributed by atoms with Gasteiger partial charge in [0.2, 0.25) is 0 Å². The van der Waals surface area contributed by atoms with Crippen molar-refractivity contribution >= 4 is 15.9 Å². The van der Waals surface area contributed by atoms with E-state index in [1.54, 1.807) is 6.07 Å². The number of piperazine rings is 1. The van der Waals surface area contributed by atoms with Crippen molar-refractivity contribution in [3.05, 3.63) is 34.1 Å². The molecule has 0 spiro atoms. The Bertz CT molecular complexity index is 440. The number of nitrogens with one attached hydrogen (secondary N) is 1. The van der Waals surface area contributed by atoms with E-state index >= 15 is 0 Å². The van der Waals surface area contributed by atoms with Crippen molar-refractivity contribution in [2.75, 3.05) is 13.1 Å². The minimum Gasteiger partial charge on any atom is -0.311 e. The van der Waals surface area contributed by atoms with Gasteiger partial charge in [0, 0.05) is 35.7 Å². The fourth-order valence-electron chi connectivity index (χ4n) is 3.17. The normalized spacial score (nSPS) is 22.9. The van der Waals surface area contributed by atoms with Crippen molar-refractivity contribution in [3.8, 4) is 0 Å². The number of halogens is 2. The molecule has 1 heterocycles. The second kappa shape index (κ2) is 6.54. The van der Waals surface area contributed by atoms with Crippen LogP contribution in [-0.2, 0) is 6.54 Å². The predicted octanol–water partition coefficient (Wildman–Crippen LogP) is 3.94. The molecule has 4 heteroatoms. The van der Waals surface area contributed by atoms with E-state index < -0.39 is 0 Å². The molecule has 1 aliphatic heterocycles. The van der Waals surface area contributed by atoms with Crippen LogP contribution in [0.5, 0.6) is 0 Å². The van der Waals surface area contributed by atoms with Crippen LogP contribution in [0.15, 0.2) is 22.7 Å². The molecule has 20 heavy (non-hydrogen) atoms. The molecule has 1 aliphatic rings. The Hall–Kier alpha value is -0.450. The van der Waals surface area contributed by atoms with E-state index in [9.17, 15) is 4.39 Å². The number of hydrogen-bond acceptors (Lipinski definition) is 2. The Balaban J connectivity index is 2.23. The summed E-state index contributed by atoms with van der Waals surface area (Å²) in [5, 5.41) is 3.59. The molecule has 0 aromatic heterocycles. The summed E-state index contributed by atoms with van der Waals surface area (Å²) in [4.78, 5) is 2.52. The smallest absolute Gasteiger partial charge is 0.124 e. The average molecular weight is 343 g/mol. The van der Waals surface area contributed by atoms with Crippen molar-refractivity contribution < 1.29 is 4.39 Å². The van der Waals surface area contributed by atoms with Gasteiger partial charge in [0.05, 0.1) is 0 Å². The number of benzene rings is 1. The third-order valence-electron chi connectivity index (χ3n) is 4.56. The molecule has 0 radical (unpaired) electrons. The summed E-state index contributed by atoms with van der Waals surface area (Å²) in [5.74, 6) is -0.170. The molecule has 112 valence electrons. The van der Waals surface area contributed by atoms with Gasteiger partial charge in [-0.3, -0.25) is 4.90 Å². The van der Waals surface area contributed by atoms with Crippen molar-refractivity contribution in [1.82, 2.24) is 10.2 Å². The second-order valence-electron chi connectivity index (χ2n) is 5.87. The van der Waals surface area contributed by atoms with Crippen LogP contribution in [0.1, 0.15) is 39.2 Å². The third-order valence-corrected chi connectivity index (χ3v) is 5.01. The minimum atomic E-state index is -0.170. The molecule has 1 atom stereocenters. The van der Waals surface area contributed by atoms with Crippen LogP contribution >= 0.6 is 15.9 Å². The van der Waals surface area contributed by atoms with Crippen LogP contribution in [-0.4, -0.2) is 29.6 Å². The summed E-state index contributed by atoms with van der Waals surface area (Å²) in [6.45, 7) is 9.53. The first-order valence-electron chi connectivity index (χ1n) is 7.42. The Morgan fingerprint density at radius 1 is 1.35 bits per heavy atom. The van der Waals surface area contributed by atoms with Gasteiger partial charge in [0.25, 0.3) is 0 Å². The Kier molecular flexibility index (Phi) is 5.21. The molecule has 1 saturated heterocycles. The highest BCUT2D eigenvalue weighted by Crippen LogP contribution is 2.29. The van der Waals surface area contributed by atoms with Gasteiger partial charge in [0.1, 0.15) is 5.82 Å². The van der Waals surface area contributed by atoms with Crippen LogP contribution in [0.3, 0.4) is 0 Å². The first kappa shape index (κ1) is 15.9. The minimum absolute atomic E-state index is 0.170. The van der Waals surface area contributed by atoms with Crippen molar-refractivity contribution in [2.24, 2.45) is 0 Å². The zero-order valence-electron chi connectivity index (χ0n) is 12.5. The topological polar surface area (TPSA) is 15.3 Å². The maximum Gasteiger partial charge on any atom is 0.124 e. The summed E-state index contributed by atoms with van der Waals surface area (Å²) in [7, 11) is 0. The predicted molar refractivity (Wildman–Crippen MR) is 85.3 cm³/mol. The van der Waals surface area contributed by atoms with Gasteiger partial charge >= 0.3 is 0 Å². The highest BCUT2D eigenvalue weighted by Gasteiger charge is 2.37. The summed E-state index contributed by atoms with van der Waals surface area (Å²) >= 11 is 3.38. The molecule has 1 N–H and O–H groups in total. The first-order chi connectivity index (χ1) is 9.49. The van der Waals surface area contributed by atoms with Gasteiger partial charge in [-0.05, 0) is 43.5 Å². The van der Waals surface area contributed by atoms with Gasteiger partial charge in [-0.15, -0.1) is 0 Å². The van der Waals surface area contributed by atoms with Gasteiger partial charge in [-0.25, -0.2) is 4.39 Å². The molecule has 2 rings (SSSR count). The SMILES string of the molecule is CCC1(CC)CNC(C)CN1Cc1cc(F)cc(Br)c1. The zero-order chi connectivity index (χ0) is 14.8. The lowest BCUT2D eigenvalue weighted by Crippen LogP contribution is -2.63. The van der Waals surface area contributed by atoms with E-state index in [1.165, 1.54) is 6.07 Å². The van der Waals surface area contributed by atoms with Crippen LogP contribution in [0.2, 0.25) is 0 Å². The lowest BCUT2D eigenvalue weighted by Gasteiger charge is -2.49. The van der Waals surface area contributed by atoms with E-state index in [0.29, 0.717) is 6.04 Å². The molecule has 1 fully saturated rings. The lowest BCUT2D eigenvalue weighted by molar-refractivity contribution is 0.0277. The monoisotopic (exact) mass is 342 g/mol. The fourth-order valence-corrected chi connectivity index (χ4v) is 3.68. The molecular weight excluding hydrogens is 319 g/mol. The molecule has 2 nitrogen and oxygen atoms in total. The maximum absolute atomic E-state index is 13.6. The zero-order valence-corrected chi connectivity index (χ0v) is 14.1. The molecule has 0 saturated carbocycles. The third kappa shape index (κ3) is 3.41. The van der Waals surface area contributed by atoms with Crippen LogP contribution in [0.25, 0.3) is 0 Å². The quantitative estimate of drug-likeness (QED) is 0.891. The number of hydrogen-bond donors (Lipinski definition) is 1. The molecule has 1 aromatic rings.